The molecule has 124 valence electrons. The highest BCUT2D eigenvalue weighted by molar-refractivity contribution is 14.1. The number of hydrogen-bond donors (Lipinski definition) is 2. The van der Waals surface area contributed by atoms with Crippen molar-refractivity contribution in [1.29, 1.82) is 0 Å². The van der Waals surface area contributed by atoms with Crippen LogP contribution >= 0.6 is 22.6 Å². The smallest absolute Gasteiger partial charge is 0.352 e. The lowest BCUT2D eigenvalue weighted by Crippen LogP contribution is -2.24. The molecule has 5 nitrogen and oxygen atoms in total. The van der Waals surface area contributed by atoms with Gasteiger partial charge in [0, 0.05) is 16.1 Å². The van der Waals surface area contributed by atoms with Crippen LogP contribution in [0.2, 0.25) is 0 Å². The summed E-state index contributed by atoms with van der Waals surface area (Å²) >= 11 is 2.25. The quantitative estimate of drug-likeness (QED) is 0.537. The summed E-state index contributed by atoms with van der Waals surface area (Å²) in [5.41, 5.74) is 1.52. The number of rotatable bonds is 6. The van der Waals surface area contributed by atoms with Gasteiger partial charge < -0.3 is 15.2 Å². The minimum atomic E-state index is -1.20. The summed E-state index contributed by atoms with van der Waals surface area (Å²) < 4.78 is 6.88. The van der Waals surface area contributed by atoms with Crippen LogP contribution in [0.4, 0.5) is 0 Å². The Labute approximate surface area is 153 Å². The van der Waals surface area contributed by atoms with Crippen molar-refractivity contribution >= 4 is 40.5 Å². The van der Waals surface area contributed by atoms with E-state index in [0.717, 1.165) is 9.13 Å². The molecule has 0 saturated carbocycles. The number of aliphatic carboxylic acids is 1. The molecule has 0 aliphatic rings. The standard InChI is InChI=1S/C18H16INO4/c1-12(21)20-17(18(22)23)10-13-5-4-7-15(9-13)24-11-14-6-2-3-8-16(14)19/h2-10H,11H2,1H3,(H,20,21)(H,22,23). The number of hydrogen-bond acceptors (Lipinski definition) is 3. The number of carboxylic acids is 1. The highest BCUT2D eigenvalue weighted by Crippen LogP contribution is 2.19. The molecule has 2 rings (SSSR count). The Morgan fingerprint density at radius 1 is 1.21 bits per heavy atom. The van der Waals surface area contributed by atoms with E-state index in [2.05, 4.69) is 27.9 Å². The largest absolute Gasteiger partial charge is 0.489 e. The molecule has 0 aliphatic heterocycles. The number of benzene rings is 2. The Balaban J connectivity index is 2.15. The first-order chi connectivity index (χ1) is 11.5. The minimum Gasteiger partial charge on any atom is -0.489 e. The third-order valence-electron chi connectivity index (χ3n) is 3.06. The molecule has 1 amide bonds. The van der Waals surface area contributed by atoms with Crippen LogP contribution in [-0.4, -0.2) is 17.0 Å². The molecule has 0 aromatic heterocycles. The summed E-state index contributed by atoms with van der Waals surface area (Å²) in [5.74, 6) is -1.01. The lowest BCUT2D eigenvalue weighted by atomic mass is 10.1. The number of nitrogens with one attached hydrogen (secondary N) is 1. The molecule has 24 heavy (non-hydrogen) atoms. The van der Waals surface area contributed by atoms with E-state index in [4.69, 9.17) is 9.84 Å². The summed E-state index contributed by atoms with van der Waals surface area (Å²) in [6.07, 6.45) is 1.39. The Kier molecular flexibility index (Phi) is 6.36. The molecular formula is C18H16INO4. The lowest BCUT2D eigenvalue weighted by Gasteiger charge is -2.09. The number of carbonyl (C=O) groups is 2. The van der Waals surface area contributed by atoms with Crippen LogP contribution in [0.15, 0.2) is 54.2 Å². The molecule has 0 spiro atoms. The lowest BCUT2D eigenvalue weighted by molar-refractivity contribution is -0.134. The molecule has 0 aliphatic carbocycles. The maximum absolute atomic E-state index is 11.2. The summed E-state index contributed by atoms with van der Waals surface area (Å²) in [6, 6.07) is 14.9. The molecular weight excluding hydrogens is 421 g/mol. The van der Waals surface area contributed by atoms with Gasteiger partial charge in [-0.1, -0.05) is 30.3 Å². The van der Waals surface area contributed by atoms with Gasteiger partial charge >= 0.3 is 5.97 Å². The second-order valence-corrected chi connectivity index (χ2v) is 6.16. The van der Waals surface area contributed by atoms with Crippen LogP contribution in [0.25, 0.3) is 6.08 Å². The van der Waals surface area contributed by atoms with Gasteiger partial charge in [-0.3, -0.25) is 4.79 Å². The number of carboxylic acid groups (broad SMARTS) is 1. The third-order valence-corrected chi connectivity index (χ3v) is 4.11. The second-order valence-electron chi connectivity index (χ2n) is 5.00. The number of carbonyl (C=O) groups excluding carboxylic acids is 1. The molecule has 6 heteroatoms. The van der Waals surface area contributed by atoms with Crippen LogP contribution in [0, 0.1) is 3.57 Å². The van der Waals surface area contributed by atoms with Gasteiger partial charge in [0.1, 0.15) is 18.1 Å². The average Bonchev–Trinajstić information content (AvgIpc) is 2.53. The minimum absolute atomic E-state index is 0.183. The molecule has 0 heterocycles. The Morgan fingerprint density at radius 3 is 2.62 bits per heavy atom. The molecule has 2 N–H and O–H groups in total. The fourth-order valence-electron chi connectivity index (χ4n) is 1.98. The van der Waals surface area contributed by atoms with Crippen LogP contribution < -0.4 is 10.1 Å². The number of ether oxygens (including phenoxy) is 1. The van der Waals surface area contributed by atoms with Gasteiger partial charge in [-0.05, 0) is 52.4 Å². The van der Waals surface area contributed by atoms with E-state index in [1.54, 1.807) is 24.3 Å². The molecule has 2 aromatic carbocycles. The maximum atomic E-state index is 11.2. The van der Waals surface area contributed by atoms with Gasteiger partial charge in [0.05, 0.1) is 0 Å². The first-order valence-electron chi connectivity index (χ1n) is 7.14. The van der Waals surface area contributed by atoms with Gasteiger partial charge in [0.15, 0.2) is 0 Å². The predicted molar refractivity (Wildman–Crippen MR) is 99.4 cm³/mol. The van der Waals surface area contributed by atoms with Crippen molar-refractivity contribution in [2.45, 2.75) is 13.5 Å². The first-order valence-corrected chi connectivity index (χ1v) is 8.22. The summed E-state index contributed by atoms with van der Waals surface area (Å²) in [7, 11) is 0. The SMILES string of the molecule is CC(=O)NC(=Cc1cccc(OCc2ccccc2I)c1)C(=O)O. The van der Waals surface area contributed by atoms with Gasteiger partial charge in [-0.2, -0.15) is 0 Å². The van der Waals surface area contributed by atoms with Crippen molar-refractivity contribution in [3.63, 3.8) is 0 Å². The monoisotopic (exact) mass is 437 g/mol. The van der Waals surface area contributed by atoms with E-state index in [0.29, 0.717) is 17.9 Å². The third kappa shape index (κ3) is 5.38. The Morgan fingerprint density at radius 2 is 1.96 bits per heavy atom. The fourth-order valence-corrected chi connectivity index (χ4v) is 2.52. The molecule has 0 unspecified atom stereocenters. The van der Waals surface area contributed by atoms with Crippen LogP contribution in [-0.2, 0) is 16.2 Å². The van der Waals surface area contributed by atoms with Crippen LogP contribution in [0.1, 0.15) is 18.1 Å². The van der Waals surface area contributed by atoms with E-state index < -0.39 is 11.9 Å². The Bertz CT molecular complexity index is 786. The highest BCUT2D eigenvalue weighted by atomic mass is 127. The van der Waals surface area contributed by atoms with E-state index in [1.807, 2.05) is 24.3 Å². The zero-order valence-corrected chi connectivity index (χ0v) is 15.1. The van der Waals surface area contributed by atoms with E-state index in [9.17, 15) is 9.59 Å². The van der Waals surface area contributed by atoms with Crippen LogP contribution in [0.3, 0.4) is 0 Å². The first kappa shape index (κ1) is 18.0. The average molecular weight is 437 g/mol. The van der Waals surface area contributed by atoms with Crippen molar-refractivity contribution in [2.75, 3.05) is 0 Å². The fraction of sp³-hybridized carbons (Fsp3) is 0.111. The second kappa shape index (κ2) is 8.49. The topological polar surface area (TPSA) is 75.6 Å². The number of halogens is 1. The van der Waals surface area contributed by atoms with Gasteiger partial charge in [-0.25, -0.2) is 4.79 Å². The summed E-state index contributed by atoms with van der Waals surface area (Å²) in [6.45, 7) is 1.68. The van der Waals surface area contributed by atoms with Gasteiger partial charge in [0.25, 0.3) is 0 Å². The number of amides is 1. The van der Waals surface area contributed by atoms with E-state index in [1.165, 1.54) is 13.0 Å². The van der Waals surface area contributed by atoms with Crippen LogP contribution in [0.5, 0.6) is 5.75 Å². The molecule has 0 atom stereocenters. The van der Waals surface area contributed by atoms with E-state index >= 15 is 0 Å². The molecule has 2 aromatic rings. The Hall–Kier alpha value is -2.35. The zero-order valence-electron chi connectivity index (χ0n) is 13.0. The van der Waals surface area contributed by atoms with Gasteiger partial charge in [-0.15, -0.1) is 0 Å². The summed E-state index contributed by atoms with van der Waals surface area (Å²) in [5, 5.41) is 11.4. The van der Waals surface area contributed by atoms with E-state index in [-0.39, 0.29) is 5.70 Å². The van der Waals surface area contributed by atoms with Crippen molar-refractivity contribution in [3.05, 3.63) is 68.9 Å². The molecule has 0 saturated heterocycles. The molecule has 0 radical (unpaired) electrons. The van der Waals surface area contributed by atoms with Crippen molar-refractivity contribution < 1.29 is 19.4 Å². The highest BCUT2D eigenvalue weighted by Gasteiger charge is 2.09. The maximum Gasteiger partial charge on any atom is 0.352 e. The zero-order chi connectivity index (χ0) is 17.5. The van der Waals surface area contributed by atoms with Crippen molar-refractivity contribution in [2.24, 2.45) is 0 Å². The predicted octanol–water partition coefficient (Wildman–Crippen LogP) is 3.43. The normalized spacial score (nSPS) is 11.0. The molecule has 0 fully saturated rings. The van der Waals surface area contributed by atoms with Crippen molar-refractivity contribution in [1.82, 2.24) is 5.32 Å². The van der Waals surface area contributed by atoms with Gasteiger partial charge in [0.2, 0.25) is 5.91 Å². The summed E-state index contributed by atoms with van der Waals surface area (Å²) in [4.78, 5) is 22.2. The van der Waals surface area contributed by atoms with Crippen molar-refractivity contribution in [3.8, 4) is 5.75 Å². The molecule has 0 bridgehead atoms.